The van der Waals surface area contributed by atoms with Gasteiger partial charge >= 0.3 is 0 Å². The highest BCUT2D eigenvalue weighted by molar-refractivity contribution is 5.87. The predicted molar refractivity (Wildman–Crippen MR) is 96.5 cm³/mol. The number of carbonyl (C=O) groups excluding carboxylic acids is 1. The number of rotatable bonds is 5. The summed E-state index contributed by atoms with van der Waals surface area (Å²) in [5.74, 6) is 1.07. The average molecular weight is 347 g/mol. The first-order valence-corrected chi connectivity index (χ1v) is 9.06. The zero-order chi connectivity index (χ0) is 17.9. The first-order valence-electron chi connectivity index (χ1n) is 9.06. The smallest absolute Gasteiger partial charge is 0.243 e. The Bertz CT molecular complexity index is 582. The first kappa shape index (κ1) is 18.2. The summed E-state index contributed by atoms with van der Waals surface area (Å²) in [6, 6.07) is 8.19. The number of piperidine rings is 1. The van der Waals surface area contributed by atoms with Crippen molar-refractivity contribution in [3.05, 3.63) is 29.8 Å². The third-order valence-electron chi connectivity index (χ3n) is 5.74. The number of likely N-dealkylation sites (N-methyl/N-ethyl adjacent to an activating group) is 1. The van der Waals surface area contributed by atoms with E-state index in [1.807, 2.05) is 17.0 Å². The van der Waals surface area contributed by atoms with Gasteiger partial charge in [0, 0.05) is 39.3 Å². The van der Waals surface area contributed by atoms with Gasteiger partial charge < -0.3 is 14.7 Å². The topological polar surface area (TPSA) is 56.3 Å². The van der Waals surface area contributed by atoms with E-state index in [4.69, 9.17) is 4.74 Å². The van der Waals surface area contributed by atoms with Gasteiger partial charge in [0.1, 0.15) is 11.3 Å². The lowest BCUT2D eigenvalue weighted by molar-refractivity contribution is -0.154. The molecule has 6 heteroatoms. The second-order valence-electron chi connectivity index (χ2n) is 7.09. The van der Waals surface area contributed by atoms with E-state index in [2.05, 4.69) is 29.0 Å². The van der Waals surface area contributed by atoms with Gasteiger partial charge in [-0.3, -0.25) is 14.6 Å². The second kappa shape index (κ2) is 7.72. The molecule has 1 N–H and O–H groups in total. The van der Waals surface area contributed by atoms with Gasteiger partial charge in [-0.1, -0.05) is 12.1 Å². The number of ether oxygens (including phenoxy) is 1. The summed E-state index contributed by atoms with van der Waals surface area (Å²) >= 11 is 0. The molecule has 1 spiro atoms. The fraction of sp³-hybridized carbons (Fsp3) is 0.632. The zero-order valence-corrected chi connectivity index (χ0v) is 15.3. The van der Waals surface area contributed by atoms with E-state index >= 15 is 0 Å². The molecule has 0 saturated carbocycles. The summed E-state index contributed by atoms with van der Waals surface area (Å²) in [5, 5.41) is 9.21. The Morgan fingerprint density at radius 1 is 1.12 bits per heavy atom. The molecule has 2 aliphatic rings. The molecule has 2 heterocycles. The third-order valence-corrected chi connectivity index (χ3v) is 5.74. The van der Waals surface area contributed by atoms with Crippen molar-refractivity contribution in [1.29, 1.82) is 0 Å². The van der Waals surface area contributed by atoms with Crippen molar-refractivity contribution in [3.8, 4) is 5.75 Å². The third kappa shape index (κ3) is 3.66. The van der Waals surface area contributed by atoms with Gasteiger partial charge in [-0.15, -0.1) is 0 Å². The maximum absolute atomic E-state index is 13.0. The van der Waals surface area contributed by atoms with Crippen LogP contribution < -0.4 is 4.74 Å². The Balaban J connectivity index is 1.62. The summed E-state index contributed by atoms with van der Waals surface area (Å²) in [4.78, 5) is 19.5. The summed E-state index contributed by atoms with van der Waals surface area (Å²) in [6.07, 6.45) is 1.70. The molecule has 1 aromatic carbocycles. The van der Waals surface area contributed by atoms with E-state index in [9.17, 15) is 9.90 Å². The summed E-state index contributed by atoms with van der Waals surface area (Å²) in [5.41, 5.74) is 0.881. The number of hydrogen-bond acceptors (Lipinski definition) is 5. The quantitative estimate of drug-likeness (QED) is 0.854. The molecule has 2 aliphatic heterocycles. The second-order valence-corrected chi connectivity index (χ2v) is 7.09. The first-order chi connectivity index (χ1) is 12.1. The van der Waals surface area contributed by atoms with E-state index in [0.717, 1.165) is 44.8 Å². The number of methoxy groups -OCH3 is 1. The molecular weight excluding hydrogens is 318 g/mol. The Labute approximate surface area is 150 Å². The van der Waals surface area contributed by atoms with E-state index < -0.39 is 0 Å². The Morgan fingerprint density at radius 3 is 2.40 bits per heavy atom. The summed E-state index contributed by atoms with van der Waals surface area (Å²) < 4.78 is 5.21. The monoisotopic (exact) mass is 347 g/mol. The largest absolute Gasteiger partial charge is 0.497 e. The maximum atomic E-state index is 13.0. The molecule has 0 aromatic heterocycles. The van der Waals surface area contributed by atoms with Gasteiger partial charge in [-0.05, 0) is 37.6 Å². The number of aliphatic hydroxyl groups excluding tert-OH is 1. The Hall–Kier alpha value is -1.63. The molecule has 138 valence electrons. The highest BCUT2D eigenvalue weighted by Gasteiger charge is 2.48. The van der Waals surface area contributed by atoms with Crippen LogP contribution in [0.4, 0.5) is 0 Å². The number of benzene rings is 1. The predicted octanol–water partition coefficient (Wildman–Crippen LogP) is 0.796. The van der Waals surface area contributed by atoms with Crippen molar-refractivity contribution in [2.45, 2.75) is 24.9 Å². The molecule has 2 fully saturated rings. The molecule has 0 unspecified atom stereocenters. The van der Waals surface area contributed by atoms with Crippen LogP contribution in [0, 0.1) is 0 Å². The van der Waals surface area contributed by atoms with Crippen LogP contribution in [-0.2, 0) is 11.3 Å². The number of hydrogen-bond donors (Lipinski definition) is 1. The van der Waals surface area contributed by atoms with Crippen LogP contribution in [0.1, 0.15) is 18.4 Å². The minimum absolute atomic E-state index is 0.0368. The molecule has 6 nitrogen and oxygen atoms in total. The minimum Gasteiger partial charge on any atom is -0.497 e. The molecule has 0 atom stereocenters. The van der Waals surface area contributed by atoms with Crippen molar-refractivity contribution in [1.82, 2.24) is 14.7 Å². The number of aliphatic hydroxyl groups is 1. The lowest BCUT2D eigenvalue weighted by Crippen LogP contribution is -2.67. The van der Waals surface area contributed by atoms with Gasteiger partial charge in [0.05, 0.1) is 13.7 Å². The van der Waals surface area contributed by atoms with E-state index in [1.165, 1.54) is 5.56 Å². The Kier molecular flexibility index (Phi) is 5.61. The number of piperazine rings is 1. The molecule has 25 heavy (non-hydrogen) atoms. The van der Waals surface area contributed by atoms with E-state index in [0.29, 0.717) is 13.1 Å². The molecule has 3 rings (SSSR count). The van der Waals surface area contributed by atoms with Gasteiger partial charge in [-0.2, -0.15) is 0 Å². The van der Waals surface area contributed by atoms with Gasteiger partial charge in [0.2, 0.25) is 5.91 Å². The zero-order valence-electron chi connectivity index (χ0n) is 15.3. The van der Waals surface area contributed by atoms with Crippen LogP contribution >= 0.6 is 0 Å². The van der Waals surface area contributed by atoms with Crippen LogP contribution in [-0.4, -0.2) is 84.7 Å². The number of likely N-dealkylation sites (tertiary alicyclic amines) is 1. The standard InChI is InChI=1S/C19H29N3O3/c1-20-11-12-22(13-14-23)18(24)19(20)7-9-21(10-8-19)15-16-3-5-17(25-2)6-4-16/h3-6,23H,7-15H2,1-2H3. The molecule has 2 saturated heterocycles. The van der Waals surface area contributed by atoms with Gasteiger partial charge in [0.25, 0.3) is 0 Å². The van der Waals surface area contributed by atoms with Crippen molar-refractivity contribution in [2.75, 3.05) is 53.5 Å². The van der Waals surface area contributed by atoms with Crippen molar-refractivity contribution in [2.24, 2.45) is 0 Å². The summed E-state index contributed by atoms with van der Waals surface area (Å²) in [7, 11) is 3.74. The molecule has 1 aromatic rings. The fourth-order valence-electron chi connectivity index (χ4n) is 4.04. The normalized spacial score (nSPS) is 21.7. The van der Waals surface area contributed by atoms with Crippen molar-refractivity contribution >= 4 is 5.91 Å². The van der Waals surface area contributed by atoms with Crippen molar-refractivity contribution < 1.29 is 14.6 Å². The SMILES string of the molecule is COc1ccc(CN2CCC3(CC2)C(=O)N(CCO)CCN3C)cc1. The van der Waals surface area contributed by atoms with Gasteiger partial charge in [0.15, 0.2) is 0 Å². The highest BCUT2D eigenvalue weighted by Crippen LogP contribution is 2.33. The highest BCUT2D eigenvalue weighted by atomic mass is 16.5. The number of amides is 1. The molecule has 0 aliphatic carbocycles. The fourth-order valence-corrected chi connectivity index (χ4v) is 4.04. The maximum Gasteiger partial charge on any atom is 0.243 e. The van der Waals surface area contributed by atoms with Crippen LogP contribution in [0.3, 0.4) is 0 Å². The molecule has 1 amide bonds. The van der Waals surface area contributed by atoms with Crippen LogP contribution in [0.2, 0.25) is 0 Å². The van der Waals surface area contributed by atoms with Gasteiger partial charge in [-0.25, -0.2) is 0 Å². The lowest BCUT2D eigenvalue weighted by Gasteiger charge is -2.51. The minimum atomic E-state index is -0.385. The molecule has 0 bridgehead atoms. The van der Waals surface area contributed by atoms with E-state index in [1.54, 1.807) is 7.11 Å². The van der Waals surface area contributed by atoms with Crippen LogP contribution in [0.25, 0.3) is 0 Å². The average Bonchev–Trinajstić information content (AvgIpc) is 2.64. The number of carbonyl (C=O) groups is 1. The molecular formula is C19H29N3O3. The van der Waals surface area contributed by atoms with Crippen LogP contribution in [0.5, 0.6) is 5.75 Å². The molecule has 0 radical (unpaired) electrons. The van der Waals surface area contributed by atoms with Crippen LogP contribution in [0.15, 0.2) is 24.3 Å². The summed E-state index contributed by atoms with van der Waals surface area (Å²) in [6.45, 7) is 4.80. The van der Waals surface area contributed by atoms with E-state index in [-0.39, 0.29) is 18.1 Å². The van der Waals surface area contributed by atoms with Crippen molar-refractivity contribution in [3.63, 3.8) is 0 Å². The number of β-amino-alcohol motifs (C(OH)–C–C–N with tert-alkyl or cyclic N) is 1. The Morgan fingerprint density at radius 2 is 1.80 bits per heavy atom. The lowest BCUT2D eigenvalue weighted by atomic mass is 9.82. The number of nitrogens with zero attached hydrogens (tertiary/aromatic N) is 3.